The Kier molecular flexibility index (Phi) is 6.52. The van der Waals surface area contributed by atoms with Crippen molar-refractivity contribution in [3.05, 3.63) is 46.9 Å². The van der Waals surface area contributed by atoms with Gasteiger partial charge in [-0.15, -0.1) is 5.11 Å². The lowest BCUT2D eigenvalue weighted by Crippen LogP contribution is -2.29. The smallest absolute Gasteiger partial charge is 0.1000 e. The second kappa shape index (κ2) is 8.61. The Balaban J connectivity index is 2.16. The molecule has 2 aromatic rings. The van der Waals surface area contributed by atoms with Crippen molar-refractivity contribution in [2.75, 3.05) is 36.9 Å². The first-order valence-electron chi connectivity index (χ1n) is 7.17. The minimum Gasteiger partial charge on any atom is -0.399 e. The number of nitrogens with two attached hydrogens (primary N) is 1. The van der Waals surface area contributed by atoms with Gasteiger partial charge in [-0.1, -0.05) is 0 Å². The van der Waals surface area contributed by atoms with E-state index in [2.05, 4.69) is 26.2 Å². The number of nitrogen functional groups attached to an aromatic ring is 1. The lowest BCUT2D eigenvalue weighted by atomic mass is 10.2. The number of aliphatic hydroxyl groups excluding tert-OH is 2. The summed E-state index contributed by atoms with van der Waals surface area (Å²) in [6.07, 6.45) is 0. The molecule has 0 atom stereocenters. The minimum atomic E-state index is 0.0240. The number of aliphatic hydroxyl groups is 2. The van der Waals surface area contributed by atoms with Gasteiger partial charge in [0.1, 0.15) is 0 Å². The number of anilines is 2. The topological polar surface area (TPSA) is 94.4 Å². The molecule has 0 aliphatic heterocycles. The third kappa shape index (κ3) is 5.02. The van der Waals surface area contributed by atoms with E-state index < -0.39 is 0 Å². The first-order valence-corrected chi connectivity index (χ1v) is 7.97. The highest BCUT2D eigenvalue weighted by Gasteiger charge is 2.08. The van der Waals surface area contributed by atoms with Crippen LogP contribution in [0.4, 0.5) is 22.7 Å². The molecule has 0 saturated heterocycles. The van der Waals surface area contributed by atoms with Crippen LogP contribution in [0, 0.1) is 0 Å². The van der Waals surface area contributed by atoms with Crippen molar-refractivity contribution >= 4 is 38.7 Å². The van der Waals surface area contributed by atoms with E-state index in [-0.39, 0.29) is 13.2 Å². The van der Waals surface area contributed by atoms with Crippen molar-refractivity contribution in [1.82, 2.24) is 0 Å². The molecule has 0 aromatic heterocycles. The minimum absolute atomic E-state index is 0.0240. The third-order valence-electron chi connectivity index (χ3n) is 3.20. The molecular formula is C16H19BrN4O2. The maximum atomic E-state index is 9.10. The fourth-order valence-corrected chi connectivity index (χ4v) is 2.48. The fourth-order valence-electron chi connectivity index (χ4n) is 2.04. The molecule has 0 fully saturated rings. The van der Waals surface area contributed by atoms with Gasteiger partial charge >= 0.3 is 0 Å². The number of azo groups is 1. The summed E-state index contributed by atoms with van der Waals surface area (Å²) in [7, 11) is 0. The molecule has 6 nitrogen and oxygen atoms in total. The highest BCUT2D eigenvalue weighted by Crippen LogP contribution is 2.31. The highest BCUT2D eigenvalue weighted by molar-refractivity contribution is 9.10. The van der Waals surface area contributed by atoms with Gasteiger partial charge in [0, 0.05) is 28.9 Å². The van der Waals surface area contributed by atoms with Gasteiger partial charge in [-0.3, -0.25) is 0 Å². The molecule has 0 saturated carbocycles. The quantitative estimate of drug-likeness (QED) is 0.509. The zero-order chi connectivity index (χ0) is 16.7. The summed E-state index contributed by atoms with van der Waals surface area (Å²) >= 11 is 3.48. The predicted molar refractivity (Wildman–Crippen MR) is 95.6 cm³/mol. The Morgan fingerprint density at radius 1 is 0.957 bits per heavy atom. The maximum absolute atomic E-state index is 9.10. The molecule has 0 amide bonds. The Bertz CT molecular complexity index is 656. The van der Waals surface area contributed by atoms with Gasteiger partial charge in [0.2, 0.25) is 0 Å². The van der Waals surface area contributed by atoms with Crippen LogP contribution < -0.4 is 10.6 Å². The van der Waals surface area contributed by atoms with Crippen molar-refractivity contribution in [2.45, 2.75) is 0 Å². The van der Waals surface area contributed by atoms with Gasteiger partial charge < -0.3 is 20.8 Å². The zero-order valence-corrected chi connectivity index (χ0v) is 14.1. The number of hydrogen-bond donors (Lipinski definition) is 3. The van der Waals surface area contributed by atoms with E-state index in [1.165, 1.54) is 0 Å². The van der Waals surface area contributed by atoms with E-state index >= 15 is 0 Å². The van der Waals surface area contributed by atoms with E-state index in [1.807, 2.05) is 23.1 Å². The van der Waals surface area contributed by atoms with Crippen LogP contribution in [-0.4, -0.2) is 36.5 Å². The number of halogens is 1. The monoisotopic (exact) mass is 378 g/mol. The summed E-state index contributed by atoms with van der Waals surface area (Å²) in [5.74, 6) is 0. The van der Waals surface area contributed by atoms with E-state index in [0.717, 1.165) is 15.8 Å². The van der Waals surface area contributed by atoms with Crippen LogP contribution in [0.3, 0.4) is 0 Å². The van der Waals surface area contributed by atoms with Crippen LogP contribution >= 0.6 is 15.9 Å². The molecule has 0 aliphatic rings. The molecule has 7 heteroatoms. The Morgan fingerprint density at radius 3 is 2.17 bits per heavy atom. The summed E-state index contributed by atoms with van der Waals surface area (Å²) in [4.78, 5) is 1.89. The summed E-state index contributed by atoms with van der Waals surface area (Å²) in [5.41, 5.74) is 8.62. The van der Waals surface area contributed by atoms with E-state index in [0.29, 0.717) is 24.5 Å². The predicted octanol–water partition coefficient (Wildman–Crippen LogP) is 3.24. The molecule has 0 spiro atoms. The number of benzene rings is 2. The average molecular weight is 379 g/mol. The Labute approximate surface area is 143 Å². The van der Waals surface area contributed by atoms with Crippen LogP contribution in [0.5, 0.6) is 0 Å². The summed E-state index contributed by atoms with van der Waals surface area (Å²) < 4.78 is 0.787. The van der Waals surface area contributed by atoms with Crippen molar-refractivity contribution in [1.29, 1.82) is 0 Å². The number of nitrogens with zero attached hydrogens (tertiary/aromatic N) is 3. The molecule has 0 unspecified atom stereocenters. The van der Waals surface area contributed by atoms with Crippen LogP contribution in [-0.2, 0) is 0 Å². The van der Waals surface area contributed by atoms with Gasteiger partial charge in [0.15, 0.2) is 0 Å². The molecule has 2 aromatic carbocycles. The first-order chi connectivity index (χ1) is 11.1. The molecule has 2 rings (SSSR count). The van der Waals surface area contributed by atoms with E-state index in [4.69, 9.17) is 15.9 Å². The van der Waals surface area contributed by atoms with Gasteiger partial charge in [0.25, 0.3) is 0 Å². The van der Waals surface area contributed by atoms with Crippen LogP contribution in [0.2, 0.25) is 0 Å². The Hall–Kier alpha value is -1.96. The highest BCUT2D eigenvalue weighted by atomic mass is 79.9. The van der Waals surface area contributed by atoms with Gasteiger partial charge in [-0.25, -0.2) is 0 Å². The molecule has 0 bridgehead atoms. The van der Waals surface area contributed by atoms with Crippen LogP contribution in [0.15, 0.2) is 57.2 Å². The molecule has 122 valence electrons. The van der Waals surface area contributed by atoms with Gasteiger partial charge in [0.05, 0.1) is 24.6 Å². The van der Waals surface area contributed by atoms with Crippen LogP contribution in [0.1, 0.15) is 0 Å². The molecule has 0 aliphatic carbocycles. The average Bonchev–Trinajstić information content (AvgIpc) is 2.55. The second-order valence-corrected chi connectivity index (χ2v) is 5.72. The van der Waals surface area contributed by atoms with E-state index in [9.17, 15) is 0 Å². The summed E-state index contributed by atoms with van der Waals surface area (Å²) in [5, 5.41) is 26.6. The molecule has 23 heavy (non-hydrogen) atoms. The van der Waals surface area contributed by atoms with Gasteiger partial charge in [-0.05, 0) is 58.4 Å². The zero-order valence-electron chi connectivity index (χ0n) is 12.6. The molecule has 0 radical (unpaired) electrons. The lowest BCUT2D eigenvalue weighted by molar-refractivity contribution is 0.281. The standard InChI is InChI=1S/C16H19BrN4O2/c17-15-11-14(21(7-9-22)8-10-23)5-6-16(15)20-19-13-3-1-12(18)2-4-13/h1-6,11,22-23H,7-10,18H2. The lowest BCUT2D eigenvalue weighted by Gasteiger charge is -2.23. The summed E-state index contributed by atoms with van der Waals surface area (Å²) in [6.45, 7) is 0.963. The fraction of sp³-hybridized carbons (Fsp3) is 0.250. The van der Waals surface area contributed by atoms with Crippen molar-refractivity contribution < 1.29 is 10.2 Å². The number of rotatable bonds is 7. The van der Waals surface area contributed by atoms with Gasteiger partial charge in [-0.2, -0.15) is 5.11 Å². The van der Waals surface area contributed by atoms with Crippen molar-refractivity contribution in [3.63, 3.8) is 0 Å². The number of hydrogen-bond acceptors (Lipinski definition) is 6. The van der Waals surface area contributed by atoms with Crippen molar-refractivity contribution in [2.24, 2.45) is 10.2 Å². The van der Waals surface area contributed by atoms with Crippen molar-refractivity contribution in [3.8, 4) is 0 Å². The molecule has 0 heterocycles. The molecular weight excluding hydrogens is 360 g/mol. The Morgan fingerprint density at radius 2 is 1.61 bits per heavy atom. The SMILES string of the molecule is Nc1ccc(N=Nc2ccc(N(CCO)CCO)cc2Br)cc1. The molecule has 4 N–H and O–H groups in total. The normalized spacial score (nSPS) is 11.1. The van der Waals surface area contributed by atoms with Crippen LogP contribution in [0.25, 0.3) is 0 Å². The largest absolute Gasteiger partial charge is 0.399 e. The first kappa shape index (κ1) is 17.4. The van der Waals surface area contributed by atoms with E-state index in [1.54, 1.807) is 24.3 Å². The second-order valence-electron chi connectivity index (χ2n) is 4.86. The maximum Gasteiger partial charge on any atom is 0.1000 e. The summed E-state index contributed by atoms with van der Waals surface area (Å²) in [6, 6.07) is 12.7. The third-order valence-corrected chi connectivity index (χ3v) is 3.84.